The third kappa shape index (κ3) is 3.91. The minimum absolute atomic E-state index is 0.159. The molecule has 0 unspecified atom stereocenters. The van der Waals surface area contributed by atoms with Crippen LogP contribution in [0.3, 0.4) is 0 Å². The maximum absolute atomic E-state index is 12.8. The van der Waals surface area contributed by atoms with E-state index in [1.165, 1.54) is 37.3 Å². The highest BCUT2D eigenvalue weighted by Crippen LogP contribution is 2.14. The molecule has 0 aliphatic heterocycles. The lowest BCUT2D eigenvalue weighted by Crippen LogP contribution is -2.33. The SMILES string of the molecule is Cc1cc(NC(=O)[C@H](C)S(=O)(=O)Cc2ccc(F)cc2)no1. The van der Waals surface area contributed by atoms with Crippen LogP contribution in [0.5, 0.6) is 0 Å². The van der Waals surface area contributed by atoms with Crippen molar-refractivity contribution in [2.75, 3.05) is 5.32 Å². The highest BCUT2D eigenvalue weighted by atomic mass is 32.2. The predicted molar refractivity (Wildman–Crippen MR) is 78.4 cm³/mol. The molecule has 0 radical (unpaired) electrons. The smallest absolute Gasteiger partial charge is 0.243 e. The van der Waals surface area contributed by atoms with E-state index in [1.807, 2.05) is 0 Å². The summed E-state index contributed by atoms with van der Waals surface area (Å²) >= 11 is 0. The van der Waals surface area contributed by atoms with E-state index in [0.717, 1.165) is 0 Å². The van der Waals surface area contributed by atoms with Gasteiger partial charge in [-0.1, -0.05) is 17.3 Å². The summed E-state index contributed by atoms with van der Waals surface area (Å²) in [6, 6.07) is 6.58. The molecule has 0 aliphatic carbocycles. The summed E-state index contributed by atoms with van der Waals surface area (Å²) in [6.45, 7) is 2.94. The number of carbonyl (C=O) groups is 1. The number of rotatable bonds is 5. The molecule has 8 heteroatoms. The Labute approximate surface area is 127 Å². The number of hydrogen-bond acceptors (Lipinski definition) is 5. The number of sulfone groups is 1. The summed E-state index contributed by atoms with van der Waals surface area (Å²) in [4.78, 5) is 12.0. The van der Waals surface area contributed by atoms with Crippen molar-refractivity contribution in [2.45, 2.75) is 24.9 Å². The number of nitrogens with zero attached hydrogens (tertiary/aromatic N) is 1. The molecule has 0 saturated carbocycles. The number of amides is 1. The maximum atomic E-state index is 12.8. The molecule has 1 aromatic heterocycles. The first-order valence-corrected chi connectivity index (χ1v) is 8.19. The fourth-order valence-electron chi connectivity index (χ4n) is 1.75. The van der Waals surface area contributed by atoms with Gasteiger partial charge in [-0.25, -0.2) is 12.8 Å². The molecule has 1 N–H and O–H groups in total. The molecule has 6 nitrogen and oxygen atoms in total. The number of nitrogens with one attached hydrogen (secondary N) is 1. The summed E-state index contributed by atoms with van der Waals surface area (Å²) in [6.07, 6.45) is 0. The first-order valence-electron chi connectivity index (χ1n) is 6.48. The van der Waals surface area contributed by atoms with Crippen LogP contribution in [-0.2, 0) is 20.4 Å². The van der Waals surface area contributed by atoms with E-state index in [4.69, 9.17) is 4.52 Å². The summed E-state index contributed by atoms with van der Waals surface area (Å²) in [5, 5.41) is 4.68. The quantitative estimate of drug-likeness (QED) is 0.908. The lowest BCUT2D eigenvalue weighted by atomic mass is 10.2. The van der Waals surface area contributed by atoms with Crippen LogP contribution in [0.4, 0.5) is 10.2 Å². The molecule has 1 aromatic carbocycles. The lowest BCUT2D eigenvalue weighted by Gasteiger charge is -2.12. The van der Waals surface area contributed by atoms with E-state index < -0.39 is 26.8 Å². The molecule has 1 atom stereocenters. The van der Waals surface area contributed by atoms with E-state index in [0.29, 0.717) is 11.3 Å². The molecule has 0 spiro atoms. The van der Waals surface area contributed by atoms with Crippen molar-refractivity contribution in [1.29, 1.82) is 0 Å². The monoisotopic (exact) mass is 326 g/mol. The second-order valence-electron chi connectivity index (χ2n) is 4.89. The van der Waals surface area contributed by atoms with Gasteiger partial charge < -0.3 is 9.84 Å². The van der Waals surface area contributed by atoms with Crippen LogP contribution in [0.25, 0.3) is 0 Å². The van der Waals surface area contributed by atoms with Crippen molar-refractivity contribution in [1.82, 2.24) is 5.16 Å². The fourth-order valence-corrected chi connectivity index (χ4v) is 3.05. The highest BCUT2D eigenvalue weighted by molar-refractivity contribution is 7.92. The van der Waals surface area contributed by atoms with E-state index in [2.05, 4.69) is 10.5 Å². The van der Waals surface area contributed by atoms with Crippen LogP contribution in [0.2, 0.25) is 0 Å². The van der Waals surface area contributed by atoms with Gasteiger partial charge >= 0.3 is 0 Å². The van der Waals surface area contributed by atoms with Crippen LogP contribution in [0.1, 0.15) is 18.2 Å². The van der Waals surface area contributed by atoms with Crippen molar-refractivity contribution in [3.05, 3.63) is 47.5 Å². The van der Waals surface area contributed by atoms with Crippen molar-refractivity contribution in [3.63, 3.8) is 0 Å². The normalized spacial score (nSPS) is 12.9. The molecular weight excluding hydrogens is 311 g/mol. The number of anilines is 1. The maximum Gasteiger partial charge on any atom is 0.243 e. The standard InChI is InChI=1S/C14H15FN2O4S/c1-9-7-13(17-21-9)16-14(18)10(2)22(19,20)8-11-3-5-12(15)6-4-11/h3-7,10H,8H2,1-2H3,(H,16,17,18)/t10-/m0/s1. The molecule has 0 fully saturated rings. The number of aromatic nitrogens is 1. The third-order valence-corrected chi connectivity index (χ3v) is 5.10. The molecular formula is C14H15FN2O4S. The van der Waals surface area contributed by atoms with Crippen LogP contribution in [0.15, 0.2) is 34.9 Å². The van der Waals surface area contributed by atoms with Gasteiger partial charge in [0.25, 0.3) is 0 Å². The van der Waals surface area contributed by atoms with Gasteiger partial charge in [0, 0.05) is 6.07 Å². The predicted octanol–water partition coefficient (Wildman–Crippen LogP) is 2.06. The van der Waals surface area contributed by atoms with Gasteiger partial charge in [-0.3, -0.25) is 4.79 Å². The van der Waals surface area contributed by atoms with Crippen LogP contribution in [-0.4, -0.2) is 24.7 Å². The molecule has 1 heterocycles. The van der Waals surface area contributed by atoms with E-state index in [9.17, 15) is 17.6 Å². The average Bonchev–Trinajstić information content (AvgIpc) is 2.85. The molecule has 22 heavy (non-hydrogen) atoms. The number of carbonyl (C=O) groups excluding carboxylic acids is 1. The largest absolute Gasteiger partial charge is 0.360 e. The third-order valence-electron chi connectivity index (χ3n) is 3.07. The van der Waals surface area contributed by atoms with Crippen molar-refractivity contribution >= 4 is 21.6 Å². The molecule has 2 aromatic rings. The number of benzene rings is 1. The van der Waals surface area contributed by atoms with Gasteiger partial charge in [0.1, 0.15) is 16.8 Å². The average molecular weight is 326 g/mol. The number of halogens is 1. The van der Waals surface area contributed by atoms with Gasteiger partial charge in [-0.05, 0) is 31.5 Å². The zero-order valence-corrected chi connectivity index (χ0v) is 12.9. The molecule has 1 amide bonds. The fraction of sp³-hybridized carbons (Fsp3) is 0.286. The summed E-state index contributed by atoms with van der Waals surface area (Å²) < 4.78 is 42.1. The first-order chi connectivity index (χ1) is 10.3. The van der Waals surface area contributed by atoms with Gasteiger partial charge in [0.05, 0.1) is 5.75 Å². The Balaban J connectivity index is 2.07. The van der Waals surface area contributed by atoms with E-state index in [-0.39, 0.29) is 11.6 Å². The molecule has 118 valence electrons. The Morgan fingerprint density at radius 3 is 2.55 bits per heavy atom. The lowest BCUT2D eigenvalue weighted by molar-refractivity contribution is -0.115. The van der Waals surface area contributed by atoms with Gasteiger partial charge in [0.2, 0.25) is 5.91 Å². The van der Waals surface area contributed by atoms with Crippen molar-refractivity contribution < 1.29 is 22.1 Å². The summed E-state index contributed by atoms with van der Waals surface area (Å²) in [7, 11) is -3.73. The Morgan fingerprint density at radius 1 is 1.36 bits per heavy atom. The molecule has 0 saturated heterocycles. The second-order valence-corrected chi connectivity index (χ2v) is 7.21. The zero-order valence-electron chi connectivity index (χ0n) is 12.0. The first kappa shape index (κ1) is 16.2. The van der Waals surface area contributed by atoms with Crippen molar-refractivity contribution in [2.24, 2.45) is 0 Å². The molecule has 2 rings (SSSR count). The van der Waals surface area contributed by atoms with Crippen LogP contribution >= 0.6 is 0 Å². The Hall–Kier alpha value is -2.22. The summed E-state index contributed by atoms with van der Waals surface area (Å²) in [5.74, 6) is -0.841. The summed E-state index contributed by atoms with van der Waals surface area (Å²) in [5.41, 5.74) is 0.415. The van der Waals surface area contributed by atoms with Crippen molar-refractivity contribution in [3.8, 4) is 0 Å². The van der Waals surface area contributed by atoms with Crippen LogP contribution < -0.4 is 5.32 Å². The minimum atomic E-state index is -3.73. The van der Waals surface area contributed by atoms with Gasteiger partial charge in [0.15, 0.2) is 15.7 Å². The molecule has 0 bridgehead atoms. The van der Waals surface area contributed by atoms with E-state index in [1.54, 1.807) is 6.92 Å². The second kappa shape index (κ2) is 6.27. The van der Waals surface area contributed by atoms with Gasteiger partial charge in [-0.15, -0.1) is 0 Å². The minimum Gasteiger partial charge on any atom is -0.360 e. The van der Waals surface area contributed by atoms with Crippen LogP contribution in [0, 0.1) is 12.7 Å². The number of aryl methyl sites for hydroxylation is 1. The Morgan fingerprint density at radius 2 is 2.00 bits per heavy atom. The van der Waals surface area contributed by atoms with E-state index >= 15 is 0 Å². The number of hydrogen-bond donors (Lipinski definition) is 1. The molecule has 0 aliphatic rings. The highest BCUT2D eigenvalue weighted by Gasteiger charge is 2.28. The Bertz CT molecular complexity index is 768. The zero-order chi connectivity index (χ0) is 16.3. The topological polar surface area (TPSA) is 89.3 Å². The van der Waals surface area contributed by atoms with Gasteiger partial charge in [-0.2, -0.15) is 0 Å². The Kier molecular flexibility index (Phi) is 4.60.